The van der Waals surface area contributed by atoms with E-state index in [1.54, 1.807) is 7.11 Å². The molecule has 0 aromatic carbocycles. The molecular weight excluding hydrogens is 274 g/mol. The van der Waals surface area contributed by atoms with Gasteiger partial charge in [-0.05, 0) is 25.0 Å². The van der Waals surface area contributed by atoms with E-state index in [0.717, 1.165) is 0 Å². The molecule has 21 heavy (non-hydrogen) atoms. The zero-order valence-electron chi connectivity index (χ0n) is 12.1. The highest BCUT2D eigenvalue weighted by atomic mass is 16.5. The standard InChI is InChI=1S/C14H21N3O4/c1-21-9-3-6-17-14(20)12-10-11(4-7-15-12)13(19)16-5-2-8-18/h4,7,10,18H,2-3,5-6,8-9H2,1H3,(H,16,19)(H,17,20). The number of amides is 2. The van der Waals surface area contributed by atoms with Gasteiger partial charge in [0.2, 0.25) is 0 Å². The average Bonchev–Trinajstić information content (AvgIpc) is 2.51. The normalized spacial score (nSPS) is 10.2. The molecular formula is C14H21N3O4. The maximum absolute atomic E-state index is 11.9. The molecule has 0 saturated carbocycles. The van der Waals surface area contributed by atoms with Crippen LogP contribution in [0.15, 0.2) is 18.3 Å². The number of rotatable bonds is 9. The molecule has 0 radical (unpaired) electrons. The summed E-state index contributed by atoms with van der Waals surface area (Å²) in [5.41, 5.74) is 0.562. The predicted octanol–water partition coefficient (Wildman–Crippen LogP) is -0.0399. The average molecular weight is 295 g/mol. The monoisotopic (exact) mass is 295 g/mol. The lowest BCUT2D eigenvalue weighted by molar-refractivity contribution is 0.0943. The molecule has 1 rings (SSSR count). The van der Waals surface area contributed by atoms with E-state index in [1.165, 1.54) is 18.3 Å². The second-order valence-corrected chi connectivity index (χ2v) is 4.37. The molecule has 1 heterocycles. The minimum Gasteiger partial charge on any atom is -0.396 e. The van der Waals surface area contributed by atoms with Crippen LogP contribution < -0.4 is 10.6 Å². The van der Waals surface area contributed by atoms with Gasteiger partial charge in [0.05, 0.1) is 0 Å². The lowest BCUT2D eigenvalue weighted by Gasteiger charge is -2.07. The number of aliphatic hydroxyl groups excluding tert-OH is 1. The number of carbonyl (C=O) groups is 2. The molecule has 3 N–H and O–H groups in total. The van der Waals surface area contributed by atoms with E-state index in [0.29, 0.717) is 38.1 Å². The second kappa shape index (κ2) is 9.84. The van der Waals surface area contributed by atoms with Crippen LogP contribution in [0.2, 0.25) is 0 Å². The van der Waals surface area contributed by atoms with Gasteiger partial charge in [0, 0.05) is 45.2 Å². The van der Waals surface area contributed by atoms with Gasteiger partial charge in [0.1, 0.15) is 5.69 Å². The smallest absolute Gasteiger partial charge is 0.269 e. The van der Waals surface area contributed by atoms with E-state index >= 15 is 0 Å². The summed E-state index contributed by atoms with van der Waals surface area (Å²) in [5, 5.41) is 14.0. The fourth-order valence-corrected chi connectivity index (χ4v) is 1.59. The molecule has 2 amide bonds. The highest BCUT2D eigenvalue weighted by molar-refractivity contribution is 5.98. The molecule has 7 heteroatoms. The van der Waals surface area contributed by atoms with Crippen LogP contribution in [0.5, 0.6) is 0 Å². The van der Waals surface area contributed by atoms with Crippen LogP contribution in [0.3, 0.4) is 0 Å². The Morgan fingerprint density at radius 2 is 1.95 bits per heavy atom. The fraction of sp³-hybridized carbons (Fsp3) is 0.500. The zero-order valence-corrected chi connectivity index (χ0v) is 12.1. The lowest BCUT2D eigenvalue weighted by atomic mass is 10.2. The Bertz CT molecular complexity index is 465. The number of nitrogens with one attached hydrogen (secondary N) is 2. The topological polar surface area (TPSA) is 101 Å². The summed E-state index contributed by atoms with van der Waals surface area (Å²) < 4.78 is 4.89. The van der Waals surface area contributed by atoms with Crippen molar-refractivity contribution in [3.8, 4) is 0 Å². The van der Waals surface area contributed by atoms with Crippen LogP contribution in [0.4, 0.5) is 0 Å². The van der Waals surface area contributed by atoms with Gasteiger partial charge in [-0.2, -0.15) is 0 Å². The number of aliphatic hydroxyl groups is 1. The minimum absolute atomic E-state index is 0.0196. The van der Waals surface area contributed by atoms with Crippen LogP contribution in [0.1, 0.15) is 33.7 Å². The van der Waals surface area contributed by atoms with Gasteiger partial charge in [-0.15, -0.1) is 0 Å². The van der Waals surface area contributed by atoms with Crippen molar-refractivity contribution < 1.29 is 19.4 Å². The number of methoxy groups -OCH3 is 1. The van der Waals surface area contributed by atoms with E-state index in [1.807, 2.05) is 0 Å². The lowest BCUT2D eigenvalue weighted by Crippen LogP contribution is -2.28. The van der Waals surface area contributed by atoms with Gasteiger partial charge >= 0.3 is 0 Å². The number of nitrogens with zero attached hydrogens (tertiary/aromatic N) is 1. The van der Waals surface area contributed by atoms with E-state index in [4.69, 9.17) is 9.84 Å². The highest BCUT2D eigenvalue weighted by Gasteiger charge is 2.11. The number of ether oxygens (including phenoxy) is 1. The number of carbonyl (C=O) groups excluding carboxylic acids is 2. The Morgan fingerprint density at radius 1 is 1.24 bits per heavy atom. The molecule has 116 valence electrons. The van der Waals surface area contributed by atoms with E-state index < -0.39 is 0 Å². The number of hydrogen-bond acceptors (Lipinski definition) is 5. The number of hydrogen-bond donors (Lipinski definition) is 3. The molecule has 0 atom stereocenters. The maximum atomic E-state index is 11.9. The molecule has 1 aromatic heterocycles. The van der Waals surface area contributed by atoms with Crippen LogP contribution in [0, 0.1) is 0 Å². The van der Waals surface area contributed by atoms with E-state index in [9.17, 15) is 9.59 Å². The first-order valence-corrected chi connectivity index (χ1v) is 6.81. The Kier molecular flexibility index (Phi) is 8.00. The van der Waals surface area contributed by atoms with E-state index in [2.05, 4.69) is 15.6 Å². The highest BCUT2D eigenvalue weighted by Crippen LogP contribution is 2.02. The van der Waals surface area contributed by atoms with Crippen molar-refractivity contribution in [2.75, 3.05) is 33.4 Å². The van der Waals surface area contributed by atoms with Crippen LogP contribution in [-0.2, 0) is 4.74 Å². The first kappa shape index (κ1) is 17.1. The third-order valence-corrected chi connectivity index (χ3v) is 2.69. The molecule has 0 fully saturated rings. The van der Waals surface area contributed by atoms with Crippen LogP contribution >= 0.6 is 0 Å². The molecule has 0 aliphatic carbocycles. The molecule has 0 unspecified atom stereocenters. The van der Waals surface area contributed by atoms with Gasteiger partial charge in [-0.25, -0.2) is 0 Å². The van der Waals surface area contributed by atoms with Crippen molar-refractivity contribution >= 4 is 11.8 Å². The third kappa shape index (κ3) is 6.33. The molecule has 1 aromatic rings. The SMILES string of the molecule is COCCCNC(=O)c1cc(C(=O)NCCCO)ccn1. The summed E-state index contributed by atoms with van der Waals surface area (Å²) in [7, 11) is 1.60. The molecule has 0 saturated heterocycles. The number of aromatic nitrogens is 1. The van der Waals surface area contributed by atoms with Crippen molar-refractivity contribution in [3.63, 3.8) is 0 Å². The third-order valence-electron chi connectivity index (χ3n) is 2.69. The van der Waals surface area contributed by atoms with Gasteiger partial charge < -0.3 is 20.5 Å². The summed E-state index contributed by atoms with van der Waals surface area (Å²) in [6.07, 6.45) is 2.62. The van der Waals surface area contributed by atoms with Gasteiger partial charge in [0.15, 0.2) is 0 Å². The van der Waals surface area contributed by atoms with E-state index in [-0.39, 0.29) is 24.1 Å². The maximum Gasteiger partial charge on any atom is 0.269 e. The first-order chi connectivity index (χ1) is 10.2. The van der Waals surface area contributed by atoms with Gasteiger partial charge in [-0.1, -0.05) is 0 Å². The van der Waals surface area contributed by atoms with Crippen molar-refractivity contribution in [2.24, 2.45) is 0 Å². The van der Waals surface area contributed by atoms with Crippen molar-refractivity contribution in [3.05, 3.63) is 29.6 Å². The Morgan fingerprint density at radius 3 is 2.67 bits per heavy atom. The molecule has 0 bridgehead atoms. The molecule has 7 nitrogen and oxygen atoms in total. The molecule has 0 aliphatic heterocycles. The van der Waals surface area contributed by atoms with Gasteiger partial charge in [0.25, 0.3) is 11.8 Å². The fourth-order valence-electron chi connectivity index (χ4n) is 1.59. The largest absolute Gasteiger partial charge is 0.396 e. The Balaban J connectivity index is 2.54. The molecule has 0 spiro atoms. The quantitative estimate of drug-likeness (QED) is 0.555. The zero-order chi connectivity index (χ0) is 15.5. The van der Waals surface area contributed by atoms with Crippen molar-refractivity contribution in [1.29, 1.82) is 0 Å². The summed E-state index contributed by atoms with van der Waals surface area (Å²) in [5.74, 6) is -0.615. The Labute approximate surface area is 123 Å². The predicted molar refractivity (Wildman–Crippen MR) is 77.1 cm³/mol. The van der Waals surface area contributed by atoms with Crippen LogP contribution in [0.25, 0.3) is 0 Å². The minimum atomic E-state index is -0.323. The summed E-state index contributed by atoms with van der Waals surface area (Å²) >= 11 is 0. The van der Waals surface area contributed by atoms with Crippen LogP contribution in [-0.4, -0.2) is 55.3 Å². The van der Waals surface area contributed by atoms with Crippen molar-refractivity contribution in [2.45, 2.75) is 12.8 Å². The summed E-state index contributed by atoms with van der Waals surface area (Å²) in [6.45, 7) is 1.46. The van der Waals surface area contributed by atoms with Crippen molar-refractivity contribution in [1.82, 2.24) is 15.6 Å². The Hall–Kier alpha value is -1.99. The van der Waals surface area contributed by atoms with Gasteiger partial charge in [-0.3, -0.25) is 14.6 Å². The summed E-state index contributed by atoms with van der Waals surface area (Å²) in [6, 6.07) is 2.98. The second-order valence-electron chi connectivity index (χ2n) is 4.37. The summed E-state index contributed by atoms with van der Waals surface area (Å²) in [4.78, 5) is 27.6. The molecule has 0 aliphatic rings. The first-order valence-electron chi connectivity index (χ1n) is 6.81. The number of pyridine rings is 1.